The van der Waals surface area contributed by atoms with Crippen LogP contribution in [0.5, 0.6) is 5.75 Å². The van der Waals surface area contributed by atoms with Gasteiger partial charge in [0.15, 0.2) is 5.65 Å². The Morgan fingerprint density at radius 3 is 2.61 bits per heavy atom. The highest BCUT2D eigenvalue weighted by atomic mass is 19.1. The minimum Gasteiger partial charge on any atom is -0.489 e. The van der Waals surface area contributed by atoms with Gasteiger partial charge in [-0.1, -0.05) is 36.4 Å². The molecule has 33 heavy (non-hydrogen) atoms. The topological polar surface area (TPSA) is 79.9 Å². The smallest absolute Gasteiger partial charge is 0.258 e. The SMILES string of the molecule is O=C(Nc1cccc(OCc2ccccc2)c1)c1ccnc2[nH]c(-c3ccc(F)cc3)nc12. The average molecular weight is 438 g/mol. The van der Waals surface area contributed by atoms with Crippen molar-refractivity contribution in [2.24, 2.45) is 0 Å². The molecule has 5 aromatic rings. The van der Waals surface area contributed by atoms with Crippen LogP contribution in [0.25, 0.3) is 22.6 Å². The van der Waals surface area contributed by atoms with Gasteiger partial charge in [-0.05, 0) is 48.0 Å². The Kier molecular flexibility index (Phi) is 5.51. The van der Waals surface area contributed by atoms with Gasteiger partial charge in [0.25, 0.3) is 5.91 Å². The molecule has 2 heterocycles. The molecule has 0 unspecified atom stereocenters. The molecule has 1 amide bonds. The summed E-state index contributed by atoms with van der Waals surface area (Å²) in [7, 11) is 0. The van der Waals surface area contributed by atoms with Crippen LogP contribution in [-0.4, -0.2) is 20.9 Å². The standard InChI is InChI=1S/C26H19FN4O2/c27-19-11-9-18(10-12-19)24-30-23-22(13-14-28-25(23)31-24)26(32)29-20-7-4-8-21(15-20)33-16-17-5-2-1-3-6-17/h1-15H,16H2,(H,29,32)(H,28,30,31). The summed E-state index contributed by atoms with van der Waals surface area (Å²) in [4.78, 5) is 24.9. The molecule has 2 aromatic heterocycles. The second-order valence-corrected chi connectivity index (χ2v) is 7.40. The van der Waals surface area contributed by atoms with Gasteiger partial charge < -0.3 is 15.0 Å². The lowest BCUT2D eigenvalue weighted by molar-refractivity contribution is 0.102. The van der Waals surface area contributed by atoms with Gasteiger partial charge in [0, 0.05) is 23.5 Å². The fourth-order valence-corrected chi connectivity index (χ4v) is 3.44. The Labute approximate surface area is 189 Å². The second-order valence-electron chi connectivity index (χ2n) is 7.40. The summed E-state index contributed by atoms with van der Waals surface area (Å²) in [5, 5.41) is 2.90. The summed E-state index contributed by atoms with van der Waals surface area (Å²) in [6.07, 6.45) is 1.54. The summed E-state index contributed by atoms with van der Waals surface area (Å²) in [5.74, 6) is 0.506. The first-order chi connectivity index (χ1) is 16.2. The molecule has 162 valence electrons. The molecule has 0 aliphatic heterocycles. The molecule has 0 aliphatic carbocycles. The molecule has 0 atom stereocenters. The van der Waals surface area contributed by atoms with Gasteiger partial charge in [-0.3, -0.25) is 4.79 Å². The van der Waals surface area contributed by atoms with E-state index in [4.69, 9.17) is 4.74 Å². The molecule has 2 N–H and O–H groups in total. The monoisotopic (exact) mass is 438 g/mol. The summed E-state index contributed by atoms with van der Waals surface area (Å²) < 4.78 is 19.1. The number of anilines is 1. The van der Waals surface area contributed by atoms with Crippen molar-refractivity contribution in [1.82, 2.24) is 15.0 Å². The summed E-state index contributed by atoms with van der Waals surface area (Å²) in [5.41, 5.74) is 3.64. The van der Waals surface area contributed by atoms with E-state index < -0.39 is 0 Å². The molecule has 3 aromatic carbocycles. The van der Waals surface area contributed by atoms with Crippen LogP contribution < -0.4 is 10.1 Å². The number of halogens is 1. The Morgan fingerprint density at radius 1 is 0.970 bits per heavy atom. The third-order valence-corrected chi connectivity index (χ3v) is 5.09. The Bertz CT molecular complexity index is 1420. The third kappa shape index (κ3) is 4.57. The number of benzene rings is 3. The fourth-order valence-electron chi connectivity index (χ4n) is 3.44. The molecule has 0 spiro atoms. The van der Waals surface area contributed by atoms with Crippen LogP contribution in [0, 0.1) is 5.82 Å². The lowest BCUT2D eigenvalue weighted by Crippen LogP contribution is -2.12. The van der Waals surface area contributed by atoms with E-state index in [0.717, 1.165) is 5.56 Å². The number of rotatable bonds is 6. The number of imidazole rings is 1. The van der Waals surface area contributed by atoms with Crippen LogP contribution in [-0.2, 0) is 6.61 Å². The number of aromatic nitrogens is 3. The third-order valence-electron chi connectivity index (χ3n) is 5.09. The van der Waals surface area contributed by atoms with Gasteiger partial charge in [-0.25, -0.2) is 14.4 Å². The van der Waals surface area contributed by atoms with Gasteiger partial charge in [-0.15, -0.1) is 0 Å². The van der Waals surface area contributed by atoms with E-state index in [1.807, 2.05) is 42.5 Å². The van der Waals surface area contributed by atoms with E-state index in [0.29, 0.717) is 46.2 Å². The van der Waals surface area contributed by atoms with E-state index >= 15 is 0 Å². The molecule has 0 fully saturated rings. The van der Waals surface area contributed by atoms with E-state index in [1.165, 1.54) is 12.1 Å². The zero-order valence-electron chi connectivity index (χ0n) is 17.5. The second kappa shape index (κ2) is 8.92. The van der Waals surface area contributed by atoms with Crippen LogP contribution in [0.15, 0.2) is 91.1 Å². The number of pyridine rings is 1. The highest BCUT2D eigenvalue weighted by Crippen LogP contribution is 2.24. The molecule has 0 saturated carbocycles. The highest BCUT2D eigenvalue weighted by molar-refractivity contribution is 6.11. The molecule has 0 aliphatic rings. The van der Waals surface area contributed by atoms with Gasteiger partial charge in [-0.2, -0.15) is 0 Å². The first-order valence-corrected chi connectivity index (χ1v) is 10.3. The molecule has 5 rings (SSSR count). The van der Waals surface area contributed by atoms with E-state index in [2.05, 4.69) is 20.3 Å². The first kappa shape index (κ1) is 20.4. The highest BCUT2D eigenvalue weighted by Gasteiger charge is 2.16. The maximum atomic E-state index is 13.2. The van der Waals surface area contributed by atoms with E-state index in [9.17, 15) is 9.18 Å². The van der Waals surface area contributed by atoms with Crippen LogP contribution in [0.2, 0.25) is 0 Å². The minimum atomic E-state index is -0.331. The normalized spacial score (nSPS) is 10.8. The summed E-state index contributed by atoms with van der Waals surface area (Å²) >= 11 is 0. The quantitative estimate of drug-likeness (QED) is 0.362. The number of ether oxygens (including phenoxy) is 1. The van der Waals surface area contributed by atoms with Crippen molar-refractivity contribution < 1.29 is 13.9 Å². The van der Waals surface area contributed by atoms with Gasteiger partial charge >= 0.3 is 0 Å². The van der Waals surface area contributed by atoms with Crippen molar-refractivity contribution in [2.75, 3.05) is 5.32 Å². The summed E-state index contributed by atoms with van der Waals surface area (Å²) in [6, 6.07) is 24.6. The molecular weight excluding hydrogens is 419 g/mol. The number of H-pyrrole nitrogens is 1. The van der Waals surface area contributed by atoms with E-state index in [-0.39, 0.29) is 11.7 Å². The first-order valence-electron chi connectivity index (χ1n) is 10.3. The Hall–Kier alpha value is -4.52. The Balaban J connectivity index is 1.35. The number of hydrogen-bond acceptors (Lipinski definition) is 4. The van der Waals surface area contributed by atoms with Crippen molar-refractivity contribution in [2.45, 2.75) is 6.61 Å². The van der Waals surface area contributed by atoms with Crippen LogP contribution in [0.1, 0.15) is 15.9 Å². The minimum absolute atomic E-state index is 0.320. The fraction of sp³-hybridized carbons (Fsp3) is 0.0385. The van der Waals surface area contributed by atoms with Crippen molar-refractivity contribution in [3.05, 3.63) is 108 Å². The predicted octanol–water partition coefficient (Wildman–Crippen LogP) is 5.60. The van der Waals surface area contributed by atoms with Gasteiger partial charge in [0.05, 0.1) is 5.56 Å². The largest absolute Gasteiger partial charge is 0.489 e. The van der Waals surface area contributed by atoms with Gasteiger partial charge in [0.1, 0.15) is 29.5 Å². The van der Waals surface area contributed by atoms with Crippen molar-refractivity contribution >= 4 is 22.8 Å². The number of nitrogens with zero attached hydrogens (tertiary/aromatic N) is 2. The average Bonchev–Trinajstić information content (AvgIpc) is 3.28. The number of fused-ring (bicyclic) bond motifs is 1. The van der Waals surface area contributed by atoms with Crippen molar-refractivity contribution in [1.29, 1.82) is 0 Å². The van der Waals surface area contributed by atoms with Crippen molar-refractivity contribution in [3.63, 3.8) is 0 Å². The molecule has 0 saturated heterocycles. The number of hydrogen-bond donors (Lipinski definition) is 2. The molecule has 7 heteroatoms. The van der Waals surface area contributed by atoms with Gasteiger partial charge in [0.2, 0.25) is 0 Å². The maximum Gasteiger partial charge on any atom is 0.258 e. The molecule has 0 bridgehead atoms. The number of carbonyl (C=O) groups excluding carboxylic acids is 1. The number of nitrogens with one attached hydrogen (secondary N) is 2. The Morgan fingerprint density at radius 2 is 1.79 bits per heavy atom. The number of amides is 1. The lowest BCUT2D eigenvalue weighted by Gasteiger charge is -2.09. The van der Waals surface area contributed by atoms with Crippen LogP contribution in [0.4, 0.5) is 10.1 Å². The zero-order chi connectivity index (χ0) is 22.6. The van der Waals surface area contributed by atoms with Crippen LogP contribution in [0.3, 0.4) is 0 Å². The lowest BCUT2D eigenvalue weighted by atomic mass is 10.2. The van der Waals surface area contributed by atoms with Crippen molar-refractivity contribution in [3.8, 4) is 17.1 Å². The number of aromatic amines is 1. The molecule has 6 nitrogen and oxygen atoms in total. The number of carbonyl (C=O) groups is 1. The predicted molar refractivity (Wildman–Crippen MR) is 124 cm³/mol. The molecular formula is C26H19FN4O2. The van der Waals surface area contributed by atoms with E-state index in [1.54, 1.807) is 36.5 Å². The maximum absolute atomic E-state index is 13.2. The zero-order valence-corrected chi connectivity index (χ0v) is 17.5. The summed E-state index contributed by atoms with van der Waals surface area (Å²) in [6.45, 7) is 0.433. The molecule has 0 radical (unpaired) electrons. The van der Waals surface area contributed by atoms with Crippen LogP contribution >= 0.6 is 0 Å².